The summed E-state index contributed by atoms with van der Waals surface area (Å²) in [6.45, 7) is 7.87. The molecule has 2 aliphatic rings. The average molecular weight is 537 g/mol. The minimum atomic E-state index is -0.978. The topological polar surface area (TPSA) is 118 Å². The van der Waals surface area contributed by atoms with Crippen LogP contribution in [0.15, 0.2) is 52.1 Å². The van der Waals surface area contributed by atoms with Crippen LogP contribution in [0.3, 0.4) is 0 Å². The number of hydrogen-bond donors (Lipinski definition) is 2. The van der Waals surface area contributed by atoms with Gasteiger partial charge in [0.2, 0.25) is 5.91 Å². The number of aliphatic hydroxyl groups excluding tert-OH is 1. The number of likely N-dealkylation sites (tertiary alicyclic amines) is 1. The number of carbonyl (C=O) groups excluding carboxylic acids is 2. The number of thiazole rings is 1. The Hall–Kier alpha value is -3.50. The second-order valence-corrected chi connectivity index (χ2v) is 11.3. The SMILES string of the molecule is COc1cc([C@@H](C(=O)N2C[C@H](O)C[C@@H]2C2=CC(=O)[C@@](C)(c3ccc(-c4scnc4C)cc3)N2)C(C)C)on1. The van der Waals surface area contributed by atoms with Crippen molar-refractivity contribution in [1.29, 1.82) is 0 Å². The molecular weight excluding hydrogens is 504 g/mol. The molecule has 0 radical (unpaired) electrons. The third-order valence-electron chi connectivity index (χ3n) is 7.52. The van der Waals surface area contributed by atoms with Gasteiger partial charge in [-0.2, -0.15) is 0 Å². The normalized spacial score (nSPS) is 24.0. The molecule has 3 aromatic rings. The Morgan fingerprint density at radius 3 is 2.66 bits per heavy atom. The number of aryl methyl sites for hydroxylation is 1. The minimum Gasteiger partial charge on any atom is -0.479 e. The highest BCUT2D eigenvalue weighted by Crippen LogP contribution is 2.38. The van der Waals surface area contributed by atoms with E-state index in [1.807, 2.05) is 57.5 Å². The number of hydrogen-bond acceptors (Lipinski definition) is 9. The van der Waals surface area contributed by atoms with Gasteiger partial charge in [-0.05, 0) is 36.0 Å². The second-order valence-electron chi connectivity index (χ2n) is 10.4. The van der Waals surface area contributed by atoms with Gasteiger partial charge in [-0.25, -0.2) is 4.98 Å². The fourth-order valence-corrected chi connectivity index (χ4v) is 6.19. The van der Waals surface area contributed by atoms with Crippen LogP contribution in [0.4, 0.5) is 0 Å². The third-order valence-corrected chi connectivity index (χ3v) is 8.50. The molecule has 0 bridgehead atoms. The first-order valence-corrected chi connectivity index (χ1v) is 13.5. The molecule has 200 valence electrons. The first-order valence-electron chi connectivity index (χ1n) is 12.7. The summed E-state index contributed by atoms with van der Waals surface area (Å²) in [6.07, 6.45) is 1.21. The van der Waals surface area contributed by atoms with Crippen molar-refractivity contribution in [3.05, 3.63) is 64.6 Å². The molecule has 0 saturated carbocycles. The van der Waals surface area contributed by atoms with Gasteiger partial charge in [0.05, 0.1) is 35.3 Å². The number of benzene rings is 1. The van der Waals surface area contributed by atoms with Crippen LogP contribution in [0.25, 0.3) is 10.4 Å². The van der Waals surface area contributed by atoms with Crippen molar-refractivity contribution < 1.29 is 24.0 Å². The number of aromatic nitrogens is 2. The number of nitrogens with zero attached hydrogens (tertiary/aromatic N) is 3. The van der Waals surface area contributed by atoms with E-state index in [0.29, 0.717) is 23.8 Å². The summed E-state index contributed by atoms with van der Waals surface area (Å²) in [5, 5.41) is 17.8. The fourth-order valence-electron chi connectivity index (χ4n) is 5.38. The van der Waals surface area contributed by atoms with Crippen LogP contribution in [0, 0.1) is 12.8 Å². The number of carbonyl (C=O) groups is 2. The van der Waals surface area contributed by atoms with E-state index in [1.54, 1.807) is 28.4 Å². The van der Waals surface area contributed by atoms with Gasteiger partial charge in [-0.3, -0.25) is 9.59 Å². The Morgan fingerprint density at radius 2 is 2.05 bits per heavy atom. The molecule has 2 aromatic heterocycles. The summed E-state index contributed by atoms with van der Waals surface area (Å²) in [5.74, 6) is -0.262. The summed E-state index contributed by atoms with van der Waals surface area (Å²) in [4.78, 5) is 34.2. The Balaban J connectivity index is 1.39. The van der Waals surface area contributed by atoms with E-state index in [4.69, 9.17) is 9.26 Å². The highest BCUT2D eigenvalue weighted by Gasteiger charge is 2.47. The van der Waals surface area contributed by atoms with E-state index in [1.165, 1.54) is 7.11 Å². The molecule has 1 amide bonds. The molecule has 1 saturated heterocycles. The number of methoxy groups -OCH3 is 1. The maximum atomic E-state index is 13.8. The fraction of sp³-hybridized carbons (Fsp3) is 0.429. The molecule has 9 nitrogen and oxygen atoms in total. The summed E-state index contributed by atoms with van der Waals surface area (Å²) in [5.41, 5.74) is 4.32. The van der Waals surface area contributed by atoms with Gasteiger partial charge in [0.25, 0.3) is 5.88 Å². The van der Waals surface area contributed by atoms with Crippen LogP contribution in [0.5, 0.6) is 5.88 Å². The Kier molecular flexibility index (Phi) is 6.87. The van der Waals surface area contributed by atoms with Gasteiger partial charge >= 0.3 is 0 Å². The van der Waals surface area contributed by atoms with Crippen molar-refractivity contribution >= 4 is 23.0 Å². The number of rotatable bonds is 7. The number of amides is 1. The van der Waals surface area contributed by atoms with Crippen molar-refractivity contribution in [2.24, 2.45) is 5.92 Å². The van der Waals surface area contributed by atoms with Crippen molar-refractivity contribution in [3.63, 3.8) is 0 Å². The van der Waals surface area contributed by atoms with Gasteiger partial charge in [0.1, 0.15) is 11.5 Å². The van der Waals surface area contributed by atoms with Crippen LogP contribution in [-0.2, 0) is 15.1 Å². The molecule has 2 aliphatic heterocycles. The van der Waals surface area contributed by atoms with Gasteiger partial charge in [0, 0.05) is 30.8 Å². The molecule has 0 spiro atoms. The molecule has 4 heterocycles. The van der Waals surface area contributed by atoms with Crippen LogP contribution in [-0.4, -0.2) is 57.6 Å². The van der Waals surface area contributed by atoms with Crippen LogP contribution in [0.2, 0.25) is 0 Å². The lowest BCUT2D eigenvalue weighted by molar-refractivity contribution is -0.135. The van der Waals surface area contributed by atoms with E-state index in [-0.39, 0.29) is 24.2 Å². The maximum absolute atomic E-state index is 13.8. The first kappa shape index (κ1) is 26.1. The predicted octanol–water partition coefficient (Wildman–Crippen LogP) is 3.79. The third kappa shape index (κ3) is 4.52. The smallest absolute Gasteiger partial charge is 0.254 e. The largest absolute Gasteiger partial charge is 0.479 e. The number of ether oxygens (including phenoxy) is 1. The molecule has 38 heavy (non-hydrogen) atoms. The predicted molar refractivity (Wildman–Crippen MR) is 143 cm³/mol. The Morgan fingerprint density at radius 1 is 1.32 bits per heavy atom. The van der Waals surface area contributed by atoms with E-state index < -0.39 is 23.6 Å². The van der Waals surface area contributed by atoms with Gasteiger partial charge in [-0.1, -0.05) is 38.1 Å². The highest BCUT2D eigenvalue weighted by molar-refractivity contribution is 7.13. The molecule has 4 atom stereocenters. The number of nitrogens with one attached hydrogen (secondary N) is 1. The first-order chi connectivity index (χ1) is 18.1. The van der Waals surface area contributed by atoms with Crippen molar-refractivity contribution in [2.75, 3.05) is 13.7 Å². The number of aliphatic hydroxyl groups is 1. The van der Waals surface area contributed by atoms with Crippen LogP contribution < -0.4 is 10.1 Å². The summed E-state index contributed by atoms with van der Waals surface area (Å²) < 4.78 is 10.6. The van der Waals surface area contributed by atoms with E-state index in [2.05, 4.69) is 15.5 Å². The maximum Gasteiger partial charge on any atom is 0.254 e. The van der Waals surface area contributed by atoms with E-state index >= 15 is 0 Å². The monoisotopic (exact) mass is 536 g/mol. The zero-order valence-electron chi connectivity index (χ0n) is 22.1. The molecule has 10 heteroatoms. The molecule has 2 N–H and O–H groups in total. The minimum absolute atomic E-state index is 0.0864. The average Bonchev–Trinajstić information content (AvgIpc) is 3.67. The molecular formula is C28H32N4O5S. The van der Waals surface area contributed by atoms with E-state index in [0.717, 1.165) is 21.7 Å². The number of ketones is 1. The number of β-amino-alcohol motifs (C(OH)–C–C–N with tert-alkyl or cyclic N) is 1. The second kappa shape index (κ2) is 9.99. The van der Waals surface area contributed by atoms with Gasteiger partial charge in [-0.15, -0.1) is 11.3 Å². The van der Waals surface area contributed by atoms with Gasteiger partial charge in [0.15, 0.2) is 11.5 Å². The summed E-state index contributed by atoms with van der Waals surface area (Å²) >= 11 is 1.58. The van der Waals surface area contributed by atoms with Crippen LogP contribution >= 0.6 is 11.3 Å². The Bertz CT molecular complexity index is 1380. The molecule has 0 aliphatic carbocycles. The lowest BCUT2D eigenvalue weighted by Gasteiger charge is -2.32. The zero-order valence-corrected chi connectivity index (χ0v) is 22.9. The quantitative estimate of drug-likeness (QED) is 0.468. The summed E-state index contributed by atoms with van der Waals surface area (Å²) in [6, 6.07) is 9.07. The van der Waals surface area contributed by atoms with Crippen molar-refractivity contribution in [1.82, 2.24) is 20.4 Å². The lowest BCUT2D eigenvalue weighted by atomic mass is 9.89. The molecule has 5 rings (SSSR count). The van der Waals surface area contributed by atoms with Crippen molar-refractivity contribution in [2.45, 2.75) is 57.7 Å². The van der Waals surface area contributed by atoms with Crippen LogP contribution in [0.1, 0.15) is 50.1 Å². The van der Waals surface area contributed by atoms with Gasteiger partial charge < -0.3 is 24.6 Å². The Labute approximate surface area is 225 Å². The highest BCUT2D eigenvalue weighted by atomic mass is 32.1. The molecule has 1 aromatic carbocycles. The summed E-state index contributed by atoms with van der Waals surface area (Å²) in [7, 11) is 1.49. The zero-order chi connectivity index (χ0) is 27.2. The lowest BCUT2D eigenvalue weighted by Crippen LogP contribution is -2.46. The van der Waals surface area contributed by atoms with E-state index in [9.17, 15) is 14.7 Å². The van der Waals surface area contributed by atoms with Crippen molar-refractivity contribution in [3.8, 4) is 16.3 Å². The molecule has 1 fully saturated rings. The standard InChI is InChI=1S/C28H32N4O5S/c1-15(2)25(22-12-24(36-5)31-37-22)27(35)32-13-19(33)10-21(32)20-11-23(34)28(4,30-20)18-8-6-17(7-9-18)26-16(3)29-14-38-26/h6-9,11-12,14-15,19,21,25,30,33H,10,13H2,1-5H3/t19-,21-,25+,28-/m1/s1. The molecule has 0 unspecified atom stereocenters.